The minimum atomic E-state index is -0.0721. The molecular formula is C11H13NO3S. The van der Waals surface area contributed by atoms with Gasteiger partial charge in [-0.2, -0.15) is 0 Å². The van der Waals surface area contributed by atoms with Crippen LogP contribution < -0.4 is 0 Å². The van der Waals surface area contributed by atoms with E-state index in [0.29, 0.717) is 31.9 Å². The van der Waals surface area contributed by atoms with E-state index in [9.17, 15) is 4.79 Å². The molecule has 1 saturated heterocycles. The lowest BCUT2D eigenvalue weighted by Crippen LogP contribution is -2.21. The van der Waals surface area contributed by atoms with Gasteiger partial charge in [0.25, 0.3) is 0 Å². The van der Waals surface area contributed by atoms with Gasteiger partial charge in [-0.15, -0.1) is 11.3 Å². The third kappa shape index (κ3) is 1.79. The Hall–Kier alpha value is -0.780. The van der Waals surface area contributed by atoms with Crippen molar-refractivity contribution in [2.45, 2.75) is 25.4 Å². The van der Waals surface area contributed by atoms with Crippen LogP contribution >= 0.6 is 11.3 Å². The molecule has 1 aliphatic carbocycles. The van der Waals surface area contributed by atoms with Gasteiger partial charge in [-0.25, -0.2) is 4.98 Å². The number of rotatable bonds is 1. The van der Waals surface area contributed by atoms with Gasteiger partial charge in [0.15, 0.2) is 5.78 Å². The van der Waals surface area contributed by atoms with Crippen LogP contribution in [0.15, 0.2) is 0 Å². The number of nitrogens with zero attached hydrogens (tertiary/aromatic N) is 1. The number of fused-ring (bicyclic) bond motifs is 1. The zero-order valence-electron chi connectivity index (χ0n) is 8.90. The van der Waals surface area contributed by atoms with Crippen LogP contribution in [0, 0.1) is 0 Å². The van der Waals surface area contributed by atoms with Crippen LogP contribution in [0.3, 0.4) is 0 Å². The first kappa shape index (κ1) is 10.4. The molecule has 2 aliphatic rings. The van der Waals surface area contributed by atoms with Gasteiger partial charge in [0.05, 0.1) is 19.8 Å². The molecule has 0 bridgehead atoms. The van der Waals surface area contributed by atoms with Gasteiger partial charge in [-0.1, -0.05) is 0 Å². The van der Waals surface area contributed by atoms with Crippen molar-refractivity contribution in [1.29, 1.82) is 0 Å². The SMILES string of the molecule is O=C1CCCc2sc(C3COCCO3)nc21. The summed E-state index contributed by atoms with van der Waals surface area (Å²) < 4.78 is 10.9. The quantitative estimate of drug-likeness (QED) is 0.749. The Morgan fingerprint density at radius 1 is 1.31 bits per heavy atom. The number of ketones is 1. The van der Waals surface area contributed by atoms with E-state index in [2.05, 4.69) is 4.98 Å². The number of hydrogen-bond donors (Lipinski definition) is 0. The van der Waals surface area contributed by atoms with Crippen molar-refractivity contribution >= 4 is 17.1 Å². The highest BCUT2D eigenvalue weighted by molar-refractivity contribution is 7.12. The van der Waals surface area contributed by atoms with Gasteiger partial charge in [0, 0.05) is 11.3 Å². The standard InChI is InChI=1S/C11H13NO3S/c13-7-2-1-3-9-10(7)12-11(16-9)8-6-14-4-5-15-8/h8H,1-6H2. The molecule has 1 fully saturated rings. The molecule has 16 heavy (non-hydrogen) atoms. The smallest absolute Gasteiger partial charge is 0.182 e. The monoisotopic (exact) mass is 239 g/mol. The summed E-state index contributed by atoms with van der Waals surface area (Å²) in [5, 5.41) is 0.903. The summed E-state index contributed by atoms with van der Waals surface area (Å²) >= 11 is 1.61. The lowest BCUT2D eigenvalue weighted by Gasteiger charge is -2.20. The van der Waals surface area contributed by atoms with Crippen molar-refractivity contribution in [3.8, 4) is 0 Å². The van der Waals surface area contributed by atoms with E-state index in [-0.39, 0.29) is 11.9 Å². The van der Waals surface area contributed by atoms with E-state index >= 15 is 0 Å². The van der Waals surface area contributed by atoms with E-state index in [0.717, 1.165) is 22.7 Å². The summed E-state index contributed by atoms with van der Waals surface area (Å²) in [6.07, 6.45) is 2.50. The molecular weight excluding hydrogens is 226 g/mol. The average Bonchev–Trinajstić information content (AvgIpc) is 2.76. The summed E-state index contributed by atoms with van der Waals surface area (Å²) in [4.78, 5) is 17.2. The molecule has 1 aromatic rings. The highest BCUT2D eigenvalue weighted by Gasteiger charge is 2.27. The Bertz CT molecular complexity index is 409. The molecule has 0 amide bonds. The number of ether oxygens (including phenoxy) is 2. The lowest BCUT2D eigenvalue weighted by molar-refractivity contribution is -0.0902. The van der Waals surface area contributed by atoms with E-state index in [1.807, 2.05) is 0 Å². The fraction of sp³-hybridized carbons (Fsp3) is 0.636. The van der Waals surface area contributed by atoms with Crippen molar-refractivity contribution in [3.63, 3.8) is 0 Å². The van der Waals surface area contributed by atoms with Gasteiger partial charge >= 0.3 is 0 Å². The first-order valence-corrected chi connectivity index (χ1v) is 6.38. The highest BCUT2D eigenvalue weighted by Crippen LogP contribution is 2.32. The van der Waals surface area contributed by atoms with Crippen molar-refractivity contribution in [1.82, 2.24) is 4.98 Å². The number of hydrogen-bond acceptors (Lipinski definition) is 5. The molecule has 5 heteroatoms. The fourth-order valence-corrected chi connectivity index (χ4v) is 3.21. The molecule has 0 saturated carbocycles. The van der Waals surface area contributed by atoms with Gasteiger partial charge in [-0.3, -0.25) is 4.79 Å². The molecule has 0 spiro atoms. The van der Waals surface area contributed by atoms with E-state index in [1.165, 1.54) is 0 Å². The summed E-state index contributed by atoms with van der Waals surface area (Å²) in [6.45, 7) is 1.82. The second kappa shape index (κ2) is 4.24. The number of aryl methyl sites for hydroxylation is 1. The molecule has 1 unspecified atom stereocenters. The fourth-order valence-electron chi connectivity index (χ4n) is 2.05. The molecule has 0 aromatic carbocycles. The normalized spacial score (nSPS) is 25.5. The molecule has 0 N–H and O–H groups in total. The number of carbonyl (C=O) groups is 1. The summed E-state index contributed by atoms with van der Waals surface area (Å²) in [7, 11) is 0. The molecule has 86 valence electrons. The second-order valence-electron chi connectivity index (χ2n) is 4.03. The van der Waals surface area contributed by atoms with E-state index in [4.69, 9.17) is 9.47 Å². The largest absolute Gasteiger partial charge is 0.376 e. The van der Waals surface area contributed by atoms with Crippen LogP contribution in [0.5, 0.6) is 0 Å². The summed E-state index contributed by atoms with van der Waals surface area (Å²) in [6, 6.07) is 0. The maximum atomic E-state index is 11.7. The molecule has 0 radical (unpaired) electrons. The summed E-state index contributed by atoms with van der Waals surface area (Å²) in [5.74, 6) is 0.181. The second-order valence-corrected chi connectivity index (χ2v) is 5.15. The Morgan fingerprint density at radius 3 is 3.00 bits per heavy atom. The third-order valence-corrected chi connectivity index (χ3v) is 4.08. The molecule has 1 atom stereocenters. The minimum Gasteiger partial charge on any atom is -0.376 e. The predicted octanol–water partition coefficient (Wildman–Crippen LogP) is 1.75. The average molecular weight is 239 g/mol. The molecule has 2 heterocycles. The van der Waals surface area contributed by atoms with Gasteiger partial charge in [0.2, 0.25) is 0 Å². The third-order valence-electron chi connectivity index (χ3n) is 2.88. The van der Waals surface area contributed by atoms with Crippen molar-refractivity contribution in [2.24, 2.45) is 0 Å². The maximum absolute atomic E-state index is 11.7. The number of carbonyl (C=O) groups excluding carboxylic acids is 1. The van der Waals surface area contributed by atoms with Crippen LogP contribution in [-0.4, -0.2) is 30.6 Å². The first-order valence-electron chi connectivity index (χ1n) is 5.57. The Labute approximate surface area is 97.6 Å². The van der Waals surface area contributed by atoms with Gasteiger partial charge < -0.3 is 9.47 Å². The van der Waals surface area contributed by atoms with Crippen LogP contribution in [0.1, 0.15) is 39.3 Å². The van der Waals surface area contributed by atoms with Crippen LogP contribution in [0.4, 0.5) is 0 Å². The van der Waals surface area contributed by atoms with Crippen molar-refractivity contribution in [3.05, 3.63) is 15.6 Å². The van der Waals surface area contributed by atoms with Crippen LogP contribution in [0.2, 0.25) is 0 Å². The number of aromatic nitrogens is 1. The Kier molecular flexibility index (Phi) is 2.75. The minimum absolute atomic E-state index is 0.0721. The molecule has 1 aromatic heterocycles. The van der Waals surface area contributed by atoms with Gasteiger partial charge in [0.1, 0.15) is 16.8 Å². The topological polar surface area (TPSA) is 48.4 Å². The number of Topliss-reactive ketones (excluding diaryl/α,β-unsaturated/α-hetero) is 1. The zero-order chi connectivity index (χ0) is 11.0. The van der Waals surface area contributed by atoms with Gasteiger partial charge in [-0.05, 0) is 12.8 Å². The molecule has 4 nitrogen and oxygen atoms in total. The Morgan fingerprint density at radius 2 is 2.25 bits per heavy atom. The van der Waals surface area contributed by atoms with E-state index < -0.39 is 0 Å². The highest BCUT2D eigenvalue weighted by atomic mass is 32.1. The lowest BCUT2D eigenvalue weighted by atomic mass is 10.0. The van der Waals surface area contributed by atoms with Crippen molar-refractivity contribution in [2.75, 3.05) is 19.8 Å². The number of thiazole rings is 1. The maximum Gasteiger partial charge on any atom is 0.182 e. The van der Waals surface area contributed by atoms with Crippen LogP contribution in [-0.2, 0) is 15.9 Å². The zero-order valence-corrected chi connectivity index (χ0v) is 9.72. The van der Waals surface area contributed by atoms with Crippen LogP contribution in [0.25, 0.3) is 0 Å². The Balaban J connectivity index is 1.88. The van der Waals surface area contributed by atoms with Crippen molar-refractivity contribution < 1.29 is 14.3 Å². The molecule has 3 rings (SSSR count). The van der Waals surface area contributed by atoms with E-state index in [1.54, 1.807) is 11.3 Å². The first-order chi connectivity index (χ1) is 7.84. The summed E-state index contributed by atoms with van der Waals surface area (Å²) in [5.41, 5.74) is 0.681. The predicted molar refractivity (Wildman–Crippen MR) is 58.9 cm³/mol. The molecule has 1 aliphatic heterocycles.